The maximum absolute atomic E-state index is 10.4. The monoisotopic (exact) mass is 560 g/mol. The molecule has 2 aromatic rings. The van der Waals surface area contributed by atoms with E-state index in [4.69, 9.17) is 9.05 Å². The third kappa shape index (κ3) is 7.50. The number of hydrogen-bond acceptors (Lipinski definition) is 12. The van der Waals surface area contributed by atoms with E-state index in [0.717, 1.165) is 37.8 Å². The molecule has 12 nitrogen and oxygen atoms in total. The van der Waals surface area contributed by atoms with Gasteiger partial charge in [0, 0.05) is 44.8 Å². The van der Waals surface area contributed by atoms with Gasteiger partial charge in [-0.15, -0.1) is 0 Å². The summed E-state index contributed by atoms with van der Waals surface area (Å²) in [5.41, 5.74) is 1.48. The lowest BCUT2D eigenvalue weighted by atomic mass is 9.88. The molecule has 2 heterocycles. The van der Waals surface area contributed by atoms with E-state index in [1.54, 1.807) is 36.8 Å². The Morgan fingerprint density at radius 3 is 2.29 bits per heavy atom. The van der Waals surface area contributed by atoms with Crippen molar-refractivity contribution in [2.24, 2.45) is 4.76 Å². The molecule has 0 aromatic carbocycles. The van der Waals surface area contributed by atoms with Crippen LogP contribution in [0, 0.1) is 0 Å². The zero-order valence-electron chi connectivity index (χ0n) is 21.5. The molecular weight excluding hydrogens is 526 g/mol. The van der Waals surface area contributed by atoms with Gasteiger partial charge in [0.05, 0.1) is 23.6 Å². The first-order valence-corrected chi connectivity index (χ1v) is 14.7. The molecule has 3 N–H and O–H groups in total. The van der Waals surface area contributed by atoms with Gasteiger partial charge in [0.1, 0.15) is 0 Å². The summed E-state index contributed by atoms with van der Waals surface area (Å²) in [4.78, 5) is 41.8. The maximum atomic E-state index is 10.4. The molecule has 2 fully saturated rings. The van der Waals surface area contributed by atoms with Crippen molar-refractivity contribution in [2.75, 3.05) is 23.9 Å². The van der Waals surface area contributed by atoms with Crippen LogP contribution in [0.5, 0.6) is 0 Å². The van der Waals surface area contributed by atoms with Crippen molar-refractivity contribution >= 4 is 47.8 Å². The number of aromatic nitrogens is 4. The Kier molecular flexibility index (Phi) is 10.1. The van der Waals surface area contributed by atoms with Crippen molar-refractivity contribution in [1.82, 2.24) is 25.0 Å². The molecule has 2 aliphatic carbocycles. The molecule has 4 atom stereocenters. The normalized spacial score (nSPS) is 24.4. The number of rotatable bonds is 13. The summed E-state index contributed by atoms with van der Waals surface area (Å²) in [6.45, 7) is 7.06. The van der Waals surface area contributed by atoms with E-state index in [-0.39, 0.29) is 24.3 Å². The van der Waals surface area contributed by atoms with Gasteiger partial charge in [0.25, 0.3) is 8.53 Å². The van der Waals surface area contributed by atoms with Crippen LogP contribution in [0.3, 0.4) is 0 Å². The third-order valence-electron chi connectivity index (χ3n) is 6.74. The van der Waals surface area contributed by atoms with Crippen LogP contribution in [-0.2, 0) is 9.05 Å². The average molecular weight is 561 g/mol. The zero-order valence-corrected chi connectivity index (χ0v) is 23.3. The first kappa shape index (κ1) is 28.4. The smallest absolute Gasteiger partial charge is 0.307 e. The maximum Gasteiger partial charge on any atom is 0.307 e. The number of nitrogens with zero attached hydrogens (tertiary/aromatic N) is 7. The minimum Gasteiger partial charge on any atom is -0.341 e. The predicted molar refractivity (Wildman–Crippen MR) is 151 cm³/mol. The molecule has 0 radical (unpaired) electrons. The van der Waals surface area contributed by atoms with Gasteiger partial charge in [-0.3, -0.25) is 0 Å². The van der Waals surface area contributed by atoms with E-state index in [1.165, 1.54) is 0 Å². The molecule has 14 heteroatoms. The average Bonchev–Trinajstić information content (AvgIpc) is 3.38. The van der Waals surface area contributed by atoms with E-state index in [2.05, 4.69) is 48.0 Å². The number of hydrogen-bond donors (Lipinski definition) is 3. The predicted octanol–water partition coefficient (Wildman–Crippen LogP) is 3.67. The summed E-state index contributed by atoms with van der Waals surface area (Å²) in [7, 11) is 0.295. The van der Waals surface area contributed by atoms with E-state index < -0.39 is 17.1 Å². The van der Waals surface area contributed by atoms with Gasteiger partial charge in [-0.1, -0.05) is 6.58 Å². The topological polar surface area (TPSA) is 141 Å². The Morgan fingerprint density at radius 1 is 0.974 bits per heavy atom. The summed E-state index contributed by atoms with van der Waals surface area (Å²) >= 11 is 0. The minimum atomic E-state index is -1.82. The Balaban J connectivity index is 1.21. The number of anilines is 2. The lowest BCUT2D eigenvalue weighted by molar-refractivity contribution is 0.100. The van der Waals surface area contributed by atoms with Crippen LogP contribution in [0.15, 0.2) is 42.1 Å². The molecule has 0 saturated heterocycles. The first-order chi connectivity index (χ1) is 18.4. The van der Waals surface area contributed by atoms with Gasteiger partial charge < -0.3 is 33.7 Å². The summed E-state index contributed by atoms with van der Waals surface area (Å²) < 4.78 is 14.8. The molecule has 204 valence electrons. The molecule has 2 aromatic heterocycles. The Morgan fingerprint density at radius 2 is 1.61 bits per heavy atom. The lowest BCUT2D eigenvalue weighted by Crippen LogP contribution is -2.46. The second-order valence-electron chi connectivity index (χ2n) is 9.17. The molecule has 4 unspecified atom stereocenters. The van der Waals surface area contributed by atoms with Crippen LogP contribution >= 0.6 is 17.1 Å². The lowest BCUT2D eigenvalue weighted by Gasteiger charge is -2.40. The molecule has 0 amide bonds. The largest absolute Gasteiger partial charge is 0.341 e. The summed E-state index contributed by atoms with van der Waals surface area (Å²) in [6, 6.07) is 4.06. The Labute approximate surface area is 225 Å². The molecule has 0 aliphatic heterocycles. The first-order valence-electron chi connectivity index (χ1n) is 12.3. The third-order valence-corrected chi connectivity index (χ3v) is 8.34. The quantitative estimate of drug-likeness (QED) is 0.244. The SMILES string of the molecule is C=Cc1ccnc(N(C)C2CCC(OP(O)N/C=C/c3ccnc(N(C)C4CC(OP(O)N=C)C4)n3)C2)n1. The summed E-state index contributed by atoms with van der Waals surface area (Å²) in [5, 5.41) is 2.91. The highest BCUT2D eigenvalue weighted by Crippen LogP contribution is 2.41. The van der Waals surface area contributed by atoms with E-state index >= 15 is 0 Å². The Bertz CT molecular complexity index is 1120. The molecule has 4 rings (SSSR count). The van der Waals surface area contributed by atoms with Crippen molar-refractivity contribution < 1.29 is 18.8 Å². The van der Waals surface area contributed by atoms with Crippen molar-refractivity contribution in [2.45, 2.75) is 56.4 Å². The van der Waals surface area contributed by atoms with Crippen LogP contribution in [0.4, 0.5) is 11.9 Å². The van der Waals surface area contributed by atoms with Crippen molar-refractivity contribution in [3.63, 3.8) is 0 Å². The highest BCUT2D eigenvalue weighted by Gasteiger charge is 2.35. The summed E-state index contributed by atoms with van der Waals surface area (Å²) in [5.74, 6) is 1.25. The van der Waals surface area contributed by atoms with Crippen LogP contribution in [0.1, 0.15) is 43.5 Å². The van der Waals surface area contributed by atoms with Crippen LogP contribution < -0.4 is 14.9 Å². The fourth-order valence-electron chi connectivity index (χ4n) is 4.43. The second-order valence-corrected chi connectivity index (χ2v) is 11.2. The molecule has 0 bridgehead atoms. The van der Waals surface area contributed by atoms with Gasteiger partial charge in [-0.25, -0.2) is 24.7 Å². The standard InChI is InChI=1S/C24H34N8O4P2/c1-5-17-8-11-26-23(29-17)31(3)19-6-7-21(14-19)35-38(34)28-13-10-18-9-12-27-24(30-18)32(4)20-15-22(16-20)36-37(33)25-2/h5,8-13,19-22,28,33-34H,1-2,6-7,14-16H2,3-4H3/b13-10+. The van der Waals surface area contributed by atoms with Crippen molar-refractivity contribution in [3.05, 3.63) is 48.7 Å². The summed E-state index contributed by atoms with van der Waals surface area (Å²) in [6.07, 6.45) is 12.5. The number of nitrogens with one attached hydrogen (secondary N) is 1. The Hall–Kier alpha value is -2.59. The van der Waals surface area contributed by atoms with Crippen LogP contribution in [0.2, 0.25) is 0 Å². The van der Waals surface area contributed by atoms with Crippen LogP contribution in [0.25, 0.3) is 12.2 Å². The second kappa shape index (κ2) is 13.5. The highest BCUT2D eigenvalue weighted by atomic mass is 31.2. The van der Waals surface area contributed by atoms with Gasteiger partial charge in [-0.05, 0) is 63.1 Å². The molecule has 38 heavy (non-hydrogen) atoms. The van der Waals surface area contributed by atoms with Gasteiger partial charge in [-0.2, -0.15) is 0 Å². The fourth-order valence-corrected chi connectivity index (χ4v) is 5.67. The molecule has 2 saturated carbocycles. The zero-order chi connectivity index (χ0) is 27.1. The van der Waals surface area contributed by atoms with Gasteiger partial charge in [0.15, 0.2) is 0 Å². The molecule has 2 aliphatic rings. The van der Waals surface area contributed by atoms with E-state index in [9.17, 15) is 9.79 Å². The van der Waals surface area contributed by atoms with Gasteiger partial charge >= 0.3 is 8.53 Å². The van der Waals surface area contributed by atoms with Gasteiger partial charge in [0.2, 0.25) is 11.9 Å². The van der Waals surface area contributed by atoms with E-state index in [0.29, 0.717) is 17.6 Å². The molecular formula is C24H34N8O4P2. The minimum absolute atomic E-state index is 0.0347. The van der Waals surface area contributed by atoms with Crippen molar-refractivity contribution in [1.29, 1.82) is 0 Å². The van der Waals surface area contributed by atoms with Crippen molar-refractivity contribution in [3.8, 4) is 0 Å². The molecule has 0 spiro atoms. The highest BCUT2D eigenvalue weighted by molar-refractivity contribution is 7.44. The van der Waals surface area contributed by atoms with E-state index in [1.807, 2.05) is 25.1 Å². The fraction of sp³-hybridized carbons (Fsp3) is 0.458. The van der Waals surface area contributed by atoms with Crippen LogP contribution in [-0.4, -0.2) is 74.8 Å².